The number of pyridine rings is 2. The van der Waals surface area contributed by atoms with Crippen LogP contribution in [0.5, 0.6) is 11.5 Å². The fourth-order valence-corrected chi connectivity index (χ4v) is 7.67. The monoisotopic (exact) mass is 692 g/mol. The first-order valence-corrected chi connectivity index (χ1v) is 17.8. The maximum Gasteiger partial charge on any atom is 0.167 e. The maximum absolute atomic E-state index is 6.83. The van der Waals surface area contributed by atoms with Crippen molar-refractivity contribution < 1.29 is 4.74 Å². The predicted octanol–water partition coefficient (Wildman–Crippen LogP) is 11.9. The topological polar surface area (TPSA) is 76.9 Å². The highest BCUT2D eigenvalue weighted by atomic mass is 16.5. The van der Waals surface area contributed by atoms with Crippen LogP contribution in [0.2, 0.25) is 0 Å². The molecule has 0 saturated carbocycles. The van der Waals surface area contributed by atoms with Gasteiger partial charge in [0.15, 0.2) is 29.0 Å². The van der Waals surface area contributed by atoms with Gasteiger partial charge >= 0.3 is 0 Å². The molecule has 4 heterocycles. The second-order valence-electron chi connectivity index (χ2n) is 13.3. The molecule has 0 radical (unpaired) electrons. The summed E-state index contributed by atoms with van der Waals surface area (Å²) < 4.78 is 6.83. The van der Waals surface area contributed by atoms with Gasteiger partial charge in [0.25, 0.3) is 0 Å². The SMILES string of the molecule is c1ccc2c(c1)Oc1c(-c3nc(-c4cccc5ccccc45)nc(-c4cccc5ccccc45)n3)cccc1N2c1ccc2c(cnc3cccnc32)c1. The molecule has 0 unspecified atom stereocenters. The predicted molar refractivity (Wildman–Crippen MR) is 217 cm³/mol. The van der Waals surface area contributed by atoms with E-state index >= 15 is 0 Å². The number of hydrogen-bond donors (Lipinski definition) is 0. The summed E-state index contributed by atoms with van der Waals surface area (Å²) >= 11 is 0. The smallest absolute Gasteiger partial charge is 0.167 e. The summed E-state index contributed by atoms with van der Waals surface area (Å²) in [5.74, 6) is 3.09. The molecular weight excluding hydrogens is 665 g/mol. The zero-order valence-corrected chi connectivity index (χ0v) is 28.8. The van der Waals surface area contributed by atoms with Crippen LogP contribution in [0.25, 0.3) is 77.5 Å². The summed E-state index contributed by atoms with van der Waals surface area (Å²) in [6.45, 7) is 0. The number of ether oxygens (including phenoxy) is 1. The quantitative estimate of drug-likeness (QED) is 0.170. The highest BCUT2D eigenvalue weighted by Gasteiger charge is 2.29. The summed E-state index contributed by atoms with van der Waals surface area (Å²) in [5, 5.41) is 6.42. The van der Waals surface area contributed by atoms with E-state index in [9.17, 15) is 0 Å². The molecule has 7 aromatic carbocycles. The number of hydrogen-bond acceptors (Lipinski definition) is 7. The van der Waals surface area contributed by atoms with Crippen molar-refractivity contribution >= 4 is 60.4 Å². The fourth-order valence-electron chi connectivity index (χ4n) is 7.67. The lowest BCUT2D eigenvalue weighted by atomic mass is 10.0. The van der Waals surface area contributed by atoms with Gasteiger partial charge in [-0.15, -0.1) is 0 Å². The minimum Gasteiger partial charge on any atom is -0.452 e. The van der Waals surface area contributed by atoms with Gasteiger partial charge in [-0.3, -0.25) is 9.97 Å². The van der Waals surface area contributed by atoms with E-state index in [0.717, 1.165) is 82.9 Å². The molecule has 0 saturated heterocycles. The first-order valence-electron chi connectivity index (χ1n) is 17.8. The van der Waals surface area contributed by atoms with Gasteiger partial charge in [0, 0.05) is 40.0 Å². The van der Waals surface area contributed by atoms with E-state index < -0.39 is 0 Å². The van der Waals surface area contributed by atoms with Gasteiger partial charge in [-0.25, -0.2) is 15.0 Å². The van der Waals surface area contributed by atoms with Crippen LogP contribution in [0.15, 0.2) is 170 Å². The van der Waals surface area contributed by atoms with Gasteiger partial charge in [0.05, 0.1) is 28.0 Å². The van der Waals surface area contributed by atoms with Crippen molar-refractivity contribution in [2.75, 3.05) is 4.90 Å². The van der Waals surface area contributed by atoms with Gasteiger partial charge < -0.3 is 9.64 Å². The van der Waals surface area contributed by atoms with Gasteiger partial charge in [-0.1, -0.05) is 103 Å². The van der Waals surface area contributed by atoms with Crippen molar-refractivity contribution in [2.24, 2.45) is 0 Å². The molecule has 7 nitrogen and oxygen atoms in total. The lowest BCUT2D eigenvalue weighted by molar-refractivity contribution is 0.478. The molecule has 252 valence electrons. The van der Waals surface area contributed by atoms with Crippen LogP contribution in [-0.2, 0) is 0 Å². The largest absolute Gasteiger partial charge is 0.452 e. The van der Waals surface area contributed by atoms with E-state index in [-0.39, 0.29) is 0 Å². The van der Waals surface area contributed by atoms with Crippen LogP contribution in [-0.4, -0.2) is 24.9 Å². The molecule has 0 aliphatic carbocycles. The van der Waals surface area contributed by atoms with E-state index in [1.54, 1.807) is 0 Å². The van der Waals surface area contributed by atoms with E-state index in [0.29, 0.717) is 23.2 Å². The number of rotatable bonds is 4. The number of para-hydroxylation sites is 3. The highest BCUT2D eigenvalue weighted by molar-refractivity contribution is 6.05. The molecule has 7 heteroatoms. The van der Waals surface area contributed by atoms with Crippen LogP contribution in [0.1, 0.15) is 0 Å². The molecule has 0 fully saturated rings. The summed E-state index contributed by atoms with van der Waals surface area (Å²) in [6, 6.07) is 53.7. The van der Waals surface area contributed by atoms with E-state index in [1.807, 2.05) is 54.9 Å². The Balaban J connectivity index is 1.14. The number of anilines is 3. The summed E-state index contributed by atoms with van der Waals surface area (Å²) in [6.07, 6.45) is 3.73. The summed E-state index contributed by atoms with van der Waals surface area (Å²) in [4.78, 5) is 27.2. The Labute approximate surface area is 309 Å². The second-order valence-corrected chi connectivity index (χ2v) is 13.3. The van der Waals surface area contributed by atoms with Crippen LogP contribution in [0.4, 0.5) is 17.1 Å². The molecule has 0 bridgehead atoms. The average molecular weight is 693 g/mol. The summed E-state index contributed by atoms with van der Waals surface area (Å²) in [7, 11) is 0. The van der Waals surface area contributed by atoms with Crippen molar-refractivity contribution in [3.8, 4) is 45.7 Å². The molecule has 54 heavy (non-hydrogen) atoms. The molecule has 0 spiro atoms. The van der Waals surface area contributed by atoms with E-state index in [2.05, 4.69) is 125 Å². The summed E-state index contributed by atoms with van der Waals surface area (Å²) in [5.41, 5.74) is 7.14. The van der Waals surface area contributed by atoms with Crippen molar-refractivity contribution in [1.82, 2.24) is 24.9 Å². The maximum atomic E-state index is 6.83. The molecule has 0 N–H and O–H groups in total. The van der Waals surface area contributed by atoms with E-state index in [4.69, 9.17) is 24.7 Å². The van der Waals surface area contributed by atoms with E-state index in [1.165, 1.54) is 0 Å². The molecule has 1 aliphatic heterocycles. The fraction of sp³-hybridized carbons (Fsp3) is 0. The Bertz CT molecular complexity index is 3020. The third kappa shape index (κ3) is 4.79. The molecule has 11 rings (SSSR count). The minimum absolute atomic E-state index is 0.521. The number of fused-ring (bicyclic) bond motifs is 7. The van der Waals surface area contributed by atoms with Crippen LogP contribution >= 0.6 is 0 Å². The normalized spacial score (nSPS) is 12.2. The average Bonchev–Trinajstić information content (AvgIpc) is 3.24. The standard InChI is InChI=1S/C47H28N6O/c1-3-15-33-29(11-1)13-7-17-36(33)45-50-46(37-18-8-14-30-12-2-4-16-34(30)37)52-47(51-45)38-19-9-22-41-44(38)54-42-23-6-5-21-40(42)53(41)32-24-25-35-31(27-32)28-49-39-20-10-26-48-43(35)39/h1-28H. The third-order valence-corrected chi connectivity index (χ3v) is 10.2. The lowest BCUT2D eigenvalue weighted by Crippen LogP contribution is -2.16. The molecule has 0 amide bonds. The van der Waals surface area contributed by atoms with Crippen LogP contribution in [0.3, 0.4) is 0 Å². The third-order valence-electron chi connectivity index (χ3n) is 10.2. The first kappa shape index (κ1) is 30.1. The highest BCUT2D eigenvalue weighted by Crippen LogP contribution is 2.53. The number of aromatic nitrogens is 5. The van der Waals surface area contributed by atoms with Crippen molar-refractivity contribution in [3.63, 3.8) is 0 Å². The lowest BCUT2D eigenvalue weighted by Gasteiger charge is -2.33. The molecule has 3 aromatic heterocycles. The Kier molecular flexibility index (Phi) is 6.72. The molecule has 0 atom stereocenters. The van der Waals surface area contributed by atoms with Crippen molar-refractivity contribution in [1.29, 1.82) is 0 Å². The zero-order valence-electron chi connectivity index (χ0n) is 28.8. The van der Waals surface area contributed by atoms with Gasteiger partial charge in [0.1, 0.15) is 0 Å². The van der Waals surface area contributed by atoms with Gasteiger partial charge in [-0.2, -0.15) is 0 Å². The van der Waals surface area contributed by atoms with Crippen molar-refractivity contribution in [2.45, 2.75) is 0 Å². The van der Waals surface area contributed by atoms with Gasteiger partial charge in [-0.05, 0) is 76.1 Å². The minimum atomic E-state index is 0.521. The molecular formula is C47H28N6O. The number of nitrogens with zero attached hydrogens (tertiary/aromatic N) is 6. The Morgan fingerprint density at radius 3 is 1.81 bits per heavy atom. The second kappa shape index (κ2) is 12.0. The van der Waals surface area contributed by atoms with Gasteiger partial charge in [0.2, 0.25) is 0 Å². The molecule has 10 aromatic rings. The van der Waals surface area contributed by atoms with Crippen LogP contribution in [0, 0.1) is 0 Å². The Hall–Kier alpha value is -7.51. The Morgan fingerprint density at radius 1 is 0.444 bits per heavy atom. The first-order chi connectivity index (χ1) is 26.8. The Morgan fingerprint density at radius 2 is 1.06 bits per heavy atom. The van der Waals surface area contributed by atoms with Crippen molar-refractivity contribution in [3.05, 3.63) is 170 Å². The number of benzene rings is 7. The van der Waals surface area contributed by atoms with Crippen LogP contribution < -0.4 is 9.64 Å². The molecule has 1 aliphatic rings. The zero-order chi connectivity index (χ0) is 35.6.